The number of hydrogen-bond acceptors (Lipinski definition) is 4. The van der Waals surface area contributed by atoms with Gasteiger partial charge in [0, 0.05) is 28.3 Å². The molecule has 0 unspecified atom stereocenters. The first-order valence-corrected chi connectivity index (χ1v) is 15.9. The Morgan fingerprint density at radius 2 is 1.85 bits per heavy atom. The Morgan fingerprint density at radius 1 is 1.07 bits per heavy atom. The third kappa shape index (κ3) is 5.23. The highest BCUT2D eigenvalue weighted by Gasteiger charge is 2.72. The Labute approximate surface area is 252 Å². The van der Waals surface area contributed by atoms with Gasteiger partial charge in [-0.3, -0.25) is 14.4 Å². The van der Waals surface area contributed by atoms with Crippen LogP contribution in [-0.2, 0) is 19.1 Å². The van der Waals surface area contributed by atoms with Crippen LogP contribution in [0, 0.1) is 23.7 Å². The van der Waals surface area contributed by atoms with Crippen molar-refractivity contribution in [3.05, 3.63) is 52.0 Å². The Bertz CT molecular complexity index is 1280. The Balaban J connectivity index is 1.29. The van der Waals surface area contributed by atoms with Gasteiger partial charge in [0.2, 0.25) is 17.7 Å². The molecule has 3 aliphatic heterocycles. The fourth-order valence-corrected chi connectivity index (χ4v) is 8.33. The number of anilines is 1. The lowest BCUT2D eigenvalue weighted by Gasteiger charge is -2.38. The van der Waals surface area contributed by atoms with Gasteiger partial charge in [0.05, 0.1) is 17.9 Å². The summed E-state index contributed by atoms with van der Waals surface area (Å²) in [6.07, 6.45) is 13.7. The Morgan fingerprint density at radius 3 is 2.59 bits per heavy atom. The van der Waals surface area contributed by atoms with Crippen LogP contribution in [0.1, 0.15) is 65.2 Å². The lowest BCUT2D eigenvalue weighted by atomic mass is 9.73. The SMILES string of the molecule is C[C@H]1[C@H](C)CCC[C@@H]1NC(=O)[C@@H]1N(CCC2=CCCCC2)C(=O)[C@@H]2[C@H](C(=O)Nc3cc(Cl)cc(Cl)c3)[C@@H]3C=C[C@]21O3. The molecule has 3 amide bonds. The highest BCUT2D eigenvalue weighted by atomic mass is 35.5. The van der Waals surface area contributed by atoms with Gasteiger partial charge in [-0.25, -0.2) is 0 Å². The van der Waals surface area contributed by atoms with Crippen molar-refractivity contribution < 1.29 is 19.1 Å². The molecular weight excluding hydrogens is 561 g/mol. The van der Waals surface area contributed by atoms with E-state index in [4.69, 9.17) is 27.9 Å². The highest BCUT2D eigenvalue weighted by molar-refractivity contribution is 6.35. The van der Waals surface area contributed by atoms with Crippen molar-refractivity contribution in [2.24, 2.45) is 23.7 Å². The third-order valence-corrected chi connectivity index (χ3v) is 10.6. The van der Waals surface area contributed by atoms with E-state index in [1.54, 1.807) is 23.1 Å². The smallest absolute Gasteiger partial charge is 0.246 e. The van der Waals surface area contributed by atoms with Gasteiger partial charge >= 0.3 is 0 Å². The second-order valence-corrected chi connectivity index (χ2v) is 13.5. The molecule has 0 aromatic heterocycles. The first kappa shape index (κ1) is 28.8. The van der Waals surface area contributed by atoms with Gasteiger partial charge in [-0.2, -0.15) is 0 Å². The number of fused-ring (bicyclic) bond motifs is 1. The summed E-state index contributed by atoms with van der Waals surface area (Å²) < 4.78 is 6.50. The number of allylic oxidation sites excluding steroid dienone is 1. The van der Waals surface area contributed by atoms with E-state index < -0.39 is 29.6 Å². The summed E-state index contributed by atoms with van der Waals surface area (Å²) in [5.41, 5.74) is 0.611. The second-order valence-electron chi connectivity index (χ2n) is 12.6. The predicted molar refractivity (Wildman–Crippen MR) is 160 cm³/mol. The topological polar surface area (TPSA) is 87.7 Å². The average Bonchev–Trinajstić information content (AvgIpc) is 3.57. The number of nitrogens with one attached hydrogen (secondary N) is 2. The number of ether oxygens (including phenoxy) is 1. The van der Waals surface area contributed by atoms with Crippen molar-refractivity contribution in [1.82, 2.24) is 10.2 Å². The van der Waals surface area contributed by atoms with Gasteiger partial charge in [0.15, 0.2) is 0 Å². The summed E-state index contributed by atoms with van der Waals surface area (Å²) in [4.78, 5) is 43.8. The zero-order valence-corrected chi connectivity index (χ0v) is 25.2. The van der Waals surface area contributed by atoms with Crippen molar-refractivity contribution in [1.29, 1.82) is 0 Å². The summed E-state index contributed by atoms with van der Waals surface area (Å²) in [7, 11) is 0. The predicted octanol–water partition coefficient (Wildman–Crippen LogP) is 5.91. The standard InChI is InChI=1S/C32H39Cl2N3O4/c1-18-7-6-10-24(19(18)2)36-30(39)28-32-13-11-25(41-32)26(29(38)35-23-16-21(33)15-22(34)17-23)27(32)31(40)37(28)14-12-20-8-4-3-5-9-20/h8,11,13,15-19,24-28H,3-7,9-10,12,14H2,1-2H3,(H,35,38)(H,36,39)/t18-,19+,24+,25+,26-,27+,28+,32+/m1/s1. The van der Waals surface area contributed by atoms with E-state index in [1.165, 1.54) is 12.0 Å². The lowest BCUT2D eigenvalue weighted by molar-refractivity contribution is -0.141. The van der Waals surface area contributed by atoms with Gasteiger partial charge < -0.3 is 20.3 Å². The molecule has 7 nitrogen and oxygen atoms in total. The molecular formula is C32H39Cl2N3O4. The molecule has 220 valence electrons. The third-order valence-electron chi connectivity index (χ3n) is 10.1. The van der Waals surface area contributed by atoms with Gasteiger partial charge in [-0.15, -0.1) is 0 Å². The largest absolute Gasteiger partial charge is 0.359 e. The quantitative estimate of drug-likeness (QED) is 0.381. The van der Waals surface area contributed by atoms with Gasteiger partial charge in [0.25, 0.3) is 0 Å². The van der Waals surface area contributed by atoms with Crippen LogP contribution in [0.2, 0.25) is 10.0 Å². The Kier molecular flexibility index (Phi) is 7.98. The van der Waals surface area contributed by atoms with E-state index >= 15 is 0 Å². The van der Waals surface area contributed by atoms with E-state index in [0.717, 1.165) is 44.9 Å². The summed E-state index contributed by atoms with van der Waals surface area (Å²) in [6, 6.07) is 4.05. The van der Waals surface area contributed by atoms with Crippen LogP contribution in [0.15, 0.2) is 42.0 Å². The maximum atomic E-state index is 14.2. The minimum Gasteiger partial charge on any atom is -0.359 e. The van der Waals surface area contributed by atoms with E-state index in [0.29, 0.717) is 34.1 Å². The molecule has 1 aromatic carbocycles. The molecule has 3 heterocycles. The van der Waals surface area contributed by atoms with Crippen LogP contribution >= 0.6 is 23.2 Å². The summed E-state index contributed by atoms with van der Waals surface area (Å²) in [5, 5.41) is 7.02. The molecule has 1 spiro atoms. The monoisotopic (exact) mass is 599 g/mol. The second kappa shape index (κ2) is 11.4. The highest BCUT2D eigenvalue weighted by Crippen LogP contribution is 2.55. The molecule has 2 N–H and O–H groups in total. The number of halogens is 2. The van der Waals surface area contributed by atoms with Crippen LogP contribution in [-0.4, -0.2) is 53.0 Å². The molecule has 1 saturated carbocycles. The number of hydrogen-bond donors (Lipinski definition) is 2. The number of likely N-dealkylation sites (tertiary alicyclic amines) is 1. The number of carbonyl (C=O) groups is 3. The summed E-state index contributed by atoms with van der Waals surface area (Å²) in [5.74, 6) is -1.41. The van der Waals surface area contributed by atoms with E-state index in [2.05, 4.69) is 30.6 Å². The van der Waals surface area contributed by atoms with Crippen molar-refractivity contribution in [3.63, 3.8) is 0 Å². The van der Waals surface area contributed by atoms with Crippen molar-refractivity contribution in [2.75, 3.05) is 11.9 Å². The molecule has 6 rings (SSSR count). The van der Waals surface area contributed by atoms with E-state index in [9.17, 15) is 14.4 Å². The van der Waals surface area contributed by atoms with Gasteiger partial charge in [-0.1, -0.05) is 73.7 Å². The summed E-state index contributed by atoms with van der Waals surface area (Å²) >= 11 is 12.3. The zero-order valence-electron chi connectivity index (χ0n) is 23.7. The van der Waals surface area contributed by atoms with E-state index in [-0.39, 0.29) is 23.8 Å². The number of rotatable bonds is 7. The maximum Gasteiger partial charge on any atom is 0.246 e. The minimum absolute atomic E-state index is 0.0500. The van der Waals surface area contributed by atoms with Crippen molar-refractivity contribution in [3.8, 4) is 0 Å². The molecule has 2 bridgehead atoms. The average molecular weight is 601 g/mol. The van der Waals surface area contributed by atoms with Crippen LogP contribution in [0.25, 0.3) is 0 Å². The fourth-order valence-electron chi connectivity index (χ4n) is 7.80. The van der Waals surface area contributed by atoms with Crippen molar-refractivity contribution >= 4 is 46.6 Å². The molecule has 0 radical (unpaired) electrons. The molecule has 2 saturated heterocycles. The number of carbonyl (C=O) groups excluding carboxylic acids is 3. The van der Waals surface area contributed by atoms with Crippen LogP contribution in [0.4, 0.5) is 5.69 Å². The van der Waals surface area contributed by atoms with Gasteiger partial charge in [0.1, 0.15) is 11.6 Å². The number of amides is 3. The fraction of sp³-hybridized carbons (Fsp3) is 0.594. The zero-order chi connectivity index (χ0) is 28.9. The molecule has 1 aromatic rings. The summed E-state index contributed by atoms with van der Waals surface area (Å²) in [6.45, 7) is 4.86. The maximum absolute atomic E-state index is 14.2. The van der Waals surface area contributed by atoms with Crippen LogP contribution in [0.3, 0.4) is 0 Å². The molecule has 5 aliphatic rings. The van der Waals surface area contributed by atoms with Gasteiger partial charge in [-0.05, 0) is 68.6 Å². The Hall–Kier alpha value is -2.35. The van der Waals surface area contributed by atoms with Crippen molar-refractivity contribution in [2.45, 2.75) is 89.0 Å². The lowest BCUT2D eigenvalue weighted by Crippen LogP contribution is -2.58. The molecule has 2 aliphatic carbocycles. The minimum atomic E-state index is -1.18. The number of nitrogens with zero attached hydrogens (tertiary/aromatic N) is 1. The molecule has 8 atom stereocenters. The molecule has 3 fully saturated rings. The van der Waals surface area contributed by atoms with E-state index in [1.807, 2.05) is 12.2 Å². The van der Waals surface area contributed by atoms with Crippen LogP contribution < -0.4 is 10.6 Å². The van der Waals surface area contributed by atoms with Crippen LogP contribution in [0.5, 0.6) is 0 Å². The molecule has 9 heteroatoms. The first-order valence-electron chi connectivity index (χ1n) is 15.1. The normalized spacial score (nSPS) is 35.8. The first-order chi connectivity index (χ1) is 19.7. The molecule has 41 heavy (non-hydrogen) atoms. The number of benzene rings is 1.